The lowest BCUT2D eigenvalue weighted by Crippen LogP contribution is -2.52. The predicted octanol–water partition coefficient (Wildman–Crippen LogP) is 4.71. The molecule has 0 saturated carbocycles. The molecule has 2 rings (SSSR count). The topological polar surface area (TPSA) is 86.8 Å². The molecule has 35 heavy (non-hydrogen) atoms. The second kappa shape index (κ2) is 12.1. The normalized spacial score (nSPS) is 13.1. The predicted molar refractivity (Wildman–Crippen MR) is 142 cm³/mol. The Bertz CT molecular complexity index is 1190. The van der Waals surface area contributed by atoms with Gasteiger partial charge < -0.3 is 10.2 Å². The second-order valence-corrected chi connectivity index (χ2v) is 11.5. The van der Waals surface area contributed by atoms with Gasteiger partial charge in [-0.3, -0.25) is 13.9 Å². The Morgan fingerprint density at radius 1 is 1.06 bits per heavy atom. The van der Waals surface area contributed by atoms with Crippen molar-refractivity contribution in [3.8, 4) is 0 Å². The highest BCUT2D eigenvalue weighted by Crippen LogP contribution is 2.26. The molecule has 0 radical (unpaired) electrons. The number of rotatable bonds is 10. The van der Waals surface area contributed by atoms with E-state index in [4.69, 9.17) is 23.2 Å². The maximum absolute atomic E-state index is 13.6. The van der Waals surface area contributed by atoms with Gasteiger partial charge in [0.15, 0.2) is 0 Å². The van der Waals surface area contributed by atoms with Crippen LogP contribution in [0.15, 0.2) is 36.4 Å². The molecule has 0 heterocycles. The van der Waals surface area contributed by atoms with Crippen molar-refractivity contribution in [1.82, 2.24) is 10.2 Å². The van der Waals surface area contributed by atoms with Gasteiger partial charge in [-0.05, 0) is 69.0 Å². The number of halogens is 2. The first-order valence-electron chi connectivity index (χ1n) is 11.3. The molecule has 2 aromatic rings. The Labute approximate surface area is 218 Å². The third kappa shape index (κ3) is 7.59. The van der Waals surface area contributed by atoms with E-state index in [0.717, 1.165) is 28.1 Å². The van der Waals surface area contributed by atoms with Crippen LogP contribution in [0.1, 0.15) is 43.9 Å². The number of benzene rings is 2. The fraction of sp³-hybridized carbons (Fsp3) is 0.440. The van der Waals surface area contributed by atoms with Crippen molar-refractivity contribution in [2.45, 2.75) is 59.7 Å². The number of nitrogens with one attached hydrogen (secondary N) is 1. The molecule has 0 aliphatic heterocycles. The zero-order chi connectivity index (χ0) is 26.5. The van der Waals surface area contributed by atoms with E-state index in [0.29, 0.717) is 21.3 Å². The van der Waals surface area contributed by atoms with Gasteiger partial charge in [0.25, 0.3) is 0 Å². The Kier molecular flexibility index (Phi) is 10.0. The van der Waals surface area contributed by atoms with E-state index in [2.05, 4.69) is 5.32 Å². The molecule has 10 heteroatoms. The van der Waals surface area contributed by atoms with Crippen LogP contribution in [0.2, 0.25) is 10.0 Å². The van der Waals surface area contributed by atoms with Gasteiger partial charge in [-0.2, -0.15) is 0 Å². The first-order valence-corrected chi connectivity index (χ1v) is 13.9. The summed E-state index contributed by atoms with van der Waals surface area (Å²) in [6.45, 7) is 8.72. The van der Waals surface area contributed by atoms with Crippen molar-refractivity contribution in [1.29, 1.82) is 0 Å². The molecule has 192 valence electrons. The minimum atomic E-state index is -3.79. The van der Waals surface area contributed by atoms with Crippen molar-refractivity contribution in [3.05, 3.63) is 63.1 Å². The highest BCUT2D eigenvalue weighted by atomic mass is 35.5. The molecule has 0 aliphatic carbocycles. The number of carbonyl (C=O) groups excluding carboxylic acids is 2. The quantitative estimate of drug-likeness (QED) is 0.471. The summed E-state index contributed by atoms with van der Waals surface area (Å²) in [7, 11) is -3.79. The molecule has 0 fully saturated rings. The number of anilines is 1. The summed E-state index contributed by atoms with van der Waals surface area (Å²) in [5.74, 6) is -0.848. The molecule has 0 saturated heterocycles. The van der Waals surface area contributed by atoms with E-state index in [-0.39, 0.29) is 18.5 Å². The SMILES string of the molecule is CC[C@H](C)NC(=O)[C@H](C)N(Cc1ccc(Cl)c(Cl)c1)C(=O)CN(c1cccc(C)c1C)S(C)(=O)=O. The fourth-order valence-corrected chi connectivity index (χ4v) is 4.70. The van der Waals surface area contributed by atoms with Crippen molar-refractivity contribution in [3.63, 3.8) is 0 Å². The summed E-state index contributed by atoms with van der Waals surface area (Å²) in [5, 5.41) is 3.58. The number of hydrogen-bond acceptors (Lipinski definition) is 4. The maximum atomic E-state index is 13.6. The third-order valence-corrected chi connectivity index (χ3v) is 7.89. The largest absolute Gasteiger partial charge is 0.352 e. The minimum Gasteiger partial charge on any atom is -0.352 e. The average molecular weight is 543 g/mol. The van der Waals surface area contributed by atoms with Gasteiger partial charge in [0.05, 0.1) is 22.0 Å². The van der Waals surface area contributed by atoms with E-state index in [9.17, 15) is 18.0 Å². The van der Waals surface area contributed by atoms with E-state index in [1.54, 1.807) is 37.3 Å². The number of aryl methyl sites for hydroxylation is 1. The van der Waals surface area contributed by atoms with Crippen LogP contribution in [0.25, 0.3) is 0 Å². The monoisotopic (exact) mass is 541 g/mol. The molecule has 1 N–H and O–H groups in total. The molecule has 0 aliphatic rings. The molecule has 0 unspecified atom stereocenters. The van der Waals surface area contributed by atoms with Crippen LogP contribution in [0, 0.1) is 13.8 Å². The third-order valence-electron chi connectivity index (χ3n) is 6.03. The van der Waals surface area contributed by atoms with Crippen molar-refractivity contribution in [2.24, 2.45) is 0 Å². The molecule has 2 aromatic carbocycles. The summed E-state index contributed by atoms with van der Waals surface area (Å²) in [4.78, 5) is 27.9. The van der Waals surface area contributed by atoms with Gasteiger partial charge in [-0.25, -0.2) is 8.42 Å². The summed E-state index contributed by atoms with van der Waals surface area (Å²) >= 11 is 12.2. The van der Waals surface area contributed by atoms with Crippen LogP contribution in [0.5, 0.6) is 0 Å². The molecule has 7 nitrogen and oxygen atoms in total. The minimum absolute atomic E-state index is 0.0508. The van der Waals surface area contributed by atoms with Crippen LogP contribution >= 0.6 is 23.2 Å². The van der Waals surface area contributed by atoms with E-state index >= 15 is 0 Å². The molecule has 0 bridgehead atoms. The van der Waals surface area contributed by atoms with Crippen LogP contribution in [-0.4, -0.2) is 50.0 Å². The Hall–Kier alpha value is -2.29. The van der Waals surface area contributed by atoms with Crippen molar-refractivity contribution in [2.75, 3.05) is 17.1 Å². The van der Waals surface area contributed by atoms with Crippen molar-refractivity contribution < 1.29 is 18.0 Å². The number of carbonyl (C=O) groups is 2. The fourth-order valence-electron chi connectivity index (χ4n) is 3.48. The molecule has 2 amide bonds. The van der Waals surface area contributed by atoms with Crippen LogP contribution < -0.4 is 9.62 Å². The molecule has 0 spiro atoms. The zero-order valence-corrected chi connectivity index (χ0v) is 23.3. The van der Waals surface area contributed by atoms with Crippen LogP contribution in [0.3, 0.4) is 0 Å². The van der Waals surface area contributed by atoms with E-state index in [1.807, 2.05) is 33.8 Å². The van der Waals surface area contributed by atoms with Gasteiger partial charge >= 0.3 is 0 Å². The number of amides is 2. The van der Waals surface area contributed by atoms with E-state index in [1.165, 1.54) is 4.90 Å². The zero-order valence-electron chi connectivity index (χ0n) is 20.9. The van der Waals surface area contributed by atoms with Crippen LogP contribution in [-0.2, 0) is 26.2 Å². The lowest BCUT2D eigenvalue weighted by Gasteiger charge is -2.32. The Morgan fingerprint density at radius 2 is 1.71 bits per heavy atom. The van der Waals surface area contributed by atoms with Gasteiger partial charge in [0, 0.05) is 12.6 Å². The number of hydrogen-bond donors (Lipinski definition) is 1. The number of sulfonamides is 1. The summed E-state index contributed by atoms with van der Waals surface area (Å²) in [5.41, 5.74) is 2.74. The smallest absolute Gasteiger partial charge is 0.244 e. The first kappa shape index (κ1) is 28.9. The standard InChI is InChI=1S/C25H33Cl2N3O4S/c1-7-17(3)28-25(32)19(5)29(14-20-11-12-21(26)22(27)13-20)24(31)15-30(35(6,33)34)23-10-8-9-16(2)18(23)4/h8-13,17,19H,7,14-15H2,1-6H3,(H,28,32)/t17-,19-/m0/s1. The van der Waals surface area contributed by atoms with Gasteiger partial charge in [0.1, 0.15) is 12.6 Å². The molecular formula is C25H33Cl2N3O4S. The Balaban J connectivity index is 2.45. The summed E-state index contributed by atoms with van der Waals surface area (Å²) in [6, 6.07) is 9.31. The second-order valence-electron chi connectivity index (χ2n) is 8.75. The first-order chi connectivity index (χ1) is 16.3. The number of nitrogens with zero attached hydrogens (tertiary/aromatic N) is 2. The molecule has 0 aromatic heterocycles. The van der Waals surface area contributed by atoms with Gasteiger partial charge in [-0.1, -0.05) is 48.3 Å². The lowest BCUT2D eigenvalue weighted by molar-refractivity contribution is -0.139. The lowest BCUT2D eigenvalue weighted by atomic mass is 10.1. The maximum Gasteiger partial charge on any atom is 0.244 e. The molecular weight excluding hydrogens is 509 g/mol. The summed E-state index contributed by atoms with van der Waals surface area (Å²) < 4.78 is 26.5. The molecule has 2 atom stereocenters. The van der Waals surface area contributed by atoms with Gasteiger partial charge in [-0.15, -0.1) is 0 Å². The van der Waals surface area contributed by atoms with Crippen LogP contribution in [0.4, 0.5) is 5.69 Å². The highest BCUT2D eigenvalue weighted by molar-refractivity contribution is 7.92. The average Bonchev–Trinajstić information content (AvgIpc) is 2.78. The van der Waals surface area contributed by atoms with Gasteiger partial charge in [0.2, 0.25) is 21.8 Å². The van der Waals surface area contributed by atoms with E-state index < -0.39 is 28.5 Å². The highest BCUT2D eigenvalue weighted by Gasteiger charge is 2.31. The summed E-state index contributed by atoms with van der Waals surface area (Å²) in [6.07, 6.45) is 1.79. The van der Waals surface area contributed by atoms with Crippen molar-refractivity contribution >= 4 is 50.7 Å². The Morgan fingerprint density at radius 3 is 2.29 bits per heavy atom.